The number of nitrogens with zero attached hydrogens (tertiary/aromatic N) is 2. The van der Waals surface area contributed by atoms with Crippen LogP contribution < -0.4 is 14.8 Å². The maximum atomic E-state index is 11.6. The van der Waals surface area contributed by atoms with E-state index >= 15 is 0 Å². The lowest BCUT2D eigenvalue weighted by Crippen LogP contribution is -2.35. The number of nitrogens with one attached hydrogen (secondary N) is 1. The number of aliphatic hydroxyl groups is 1. The minimum Gasteiger partial charge on any atom is -0.493 e. The number of ether oxygens (including phenoxy) is 2. The van der Waals surface area contributed by atoms with Gasteiger partial charge in [-0.25, -0.2) is 0 Å². The number of carbonyl (C=O) groups is 1. The van der Waals surface area contributed by atoms with E-state index in [1.54, 1.807) is 7.11 Å². The third-order valence-corrected chi connectivity index (χ3v) is 5.30. The molecule has 1 aromatic carbocycles. The maximum Gasteiger partial charge on any atom is 0.222 e. The Kier molecular flexibility index (Phi) is 10.2. The first kappa shape index (κ1) is 23.4. The summed E-state index contributed by atoms with van der Waals surface area (Å²) in [5.74, 6) is 1.59. The average Bonchev–Trinajstić information content (AvgIpc) is 3.15. The van der Waals surface area contributed by atoms with Gasteiger partial charge in [-0.15, -0.1) is 0 Å². The molecule has 0 radical (unpaired) electrons. The molecule has 0 bridgehead atoms. The Morgan fingerprint density at radius 1 is 1.28 bits per heavy atom. The van der Waals surface area contributed by atoms with Crippen LogP contribution in [0.4, 0.5) is 0 Å². The first-order valence-electron chi connectivity index (χ1n) is 10.8. The van der Waals surface area contributed by atoms with E-state index in [4.69, 9.17) is 9.47 Å². The minimum atomic E-state index is -0.538. The van der Waals surface area contributed by atoms with Gasteiger partial charge in [-0.1, -0.05) is 19.9 Å². The summed E-state index contributed by atoms with van der Waals surface area (Å²) in [4.78, 5) is 15.7. The van der Waals surface area contributed by atoms with Crippen LogP contribution in [0.3, 0.4) is 0 Å². The Labute approximate surface area is 175 Å². The SMILES string of the molecule is CCN(CC)CC(O)COc1ccc(CNCCCN2CCCC2=O)cc1OC. The fourth-order valence-electron chi connectivity index (χ4n) is 3.53. The van der Waals surface area contributed by atoms with Gasteiger partial charge in [0.05, 0.1) is 7.11 Å². The molecule has 1 amide bonds. The number of aliphatic hydroxyl groups excluding tert-OH is 1. The van der Waals surface area contributed by atoms with Crippen molar-refractivity contribution in [3.05, 3.63) is 23.8 Å². The van der Waals surface area contributed by atoms with Crippen LogP contribution in [0.25, 0.3) is 0 Å². The first-order chi connectivity index (χ1) is 14.1. The van der Waals surface area contributed by atoms with Gasteiger partial charge < -0.3 is 29.7 Å². The standard InChI is InChI=1S/C22H37N3O4/c1-4-24(5-2)16-19(26)17-29-20-10-9-18(14-21(20)28-3)15-23-11-7-13-25-12-6-8-22(25)27/h9-10,14,19,23,26H,4-8,11-13,15-17H2,1-3H3. The van der Waals surface area contributed by atoms with Crippen LogP contribution in [0.5, 0.6) is 11.5 Å². The molecule has 1 aromatic rings. The molecule has 7 heteroatoms. The van der Waals surface area contributed by atoms with Crippen molar-refractivity contribution in [2.45, 2.75) is 45.8 Å². The summed E-state index contributed by atoms with van der Waals surface area (Å²) in [6.45, 7) is 10.1. The van der Waals surface area contributed by atoms with E-state index in [0.29, 0.717) is 24.5 Å². The zero-order valence-electron chi connectivity index (χ0n) is 18.2. The molecule has 1 heterocycles. The van der Waals surface area contributed by atoms with Crippen LogP contribution in [0.15, 0.2) is 18.2 Å². The Bertz CT molecular complexity index is 622. The molecule has 0 aromatic heterocycles. The summed E-state index contributed by atoms with van der Waals surface area (Å²) in [6.07, 6.45) is 2.11. The number of methoxy groups -OCH3 is 1. The number of likely N-dealkylation sites (N-methyl/N-ethyl adjacent to an activating group) is 1. The Morgan fingerprint density at radius 2 is 2.07 bits per heavy atom. The molecule has 1 saturated heterocycles. The molecular weight excluding hydrogens is 370 g/mol. The van der Waals surface area contributed by atoms with Crippen molar-refractivity contribution in [3.8, 4) is 11.5 Å². The molecular formula is C22H37N3O4. The predicted octanol–water partition coefficient (Wildman–Crippen LogP) is 1.88. The molecule has 1 unspecified atom stereocenters. The maximum absolute atomic E-state index is 11.6. The highest BCUT2D eigenvalue weighted by Crippen LogP contribution is 2.28. The number of hydrogen-bond acceptors (Lipinski definition) is 6. The second-order valence-electron chi connectivity index (χ2n) is 7.45. The molecule has 7 nitrogen and oxygen atoms in total. The summed E-state index contributed by atoms with van der Waals surface area (Å²) in [5, 5.41) is 13.6. The lowest BCUT2D eigenvalue weighted by molar-refractivity contribution is -0.127. The second kappa shape index (κ2) is 12.7. The number of carbonyl (C=O) groups excluding carboxylic acids is 1. The van der Waals surface area contributed by atoms with Gasteiger partial charge in [0.15, 0.2) is 11.5 Å². The Balaban J connectivity index is 1.73. The first-order valence-corrected chi connectivity index (χ1v) is 10.8. The summed E-state index contributed by atoms with van der Waals surface area (Å²) in [7, 11) is 1.62. The van der Waals surface area contributed by atoms with Gasteiger partial charge in [0.1, 0.15) is 12.7 Å². The molecule has 1 aliphatic rings. The molecule has 0 aliphatic carbocycles. The molecule has 2 rings (SSSR count). The van der Waals surface area contributed by atoms with E-state index in [9.17, 15) is 9.90 Å². The highest BCUT2D eigenvalue weighted by atomic mass is 16.5. The highest BCUT2D eigenvalue weighted by Gasteiger charge is 2.18. The van der Waals surface area contributed by atoms with Gasteiger partial charge in [-0.2, -0.15) is 0 Å². The molecule has 1 aliphatic heterocycles. The minimum absolute atomic E-state index is 0.236. The second-order valence-corrected chi connectivity index (χ2v) is 7.45. The van der Waals surface area contributed by atoms with E-state index in [0.717, 1.165) is 57.7 Å². The van der Waals surface area contributed by atoms with Crippen LogP contribution in [-0.2, 0) is 11.3 Å². The predicted molar refractivity (Wildman–Crippen MR) is 114 cm³/mol. The van der Waals surface area contributed by atoms with E-state index in [1.165, 1.54) is 0 Å². The van der Waals surface area contributed by atoms with Crippen molar-refractivity contribution in [1.29, 1.82) is 0 Å². The van der Waals surface area contributed by atoms with Crippen molar-refractivity contribution in [2.75, 3.05) is 53.0 Å². The molecule has 164 valence electrons. The van der Waals surface area contributed by atoms with Crippen molar-refractivity contribution in [1.82, 2.24) is 15.1 Å². The molecule has 29 heavy (non-hydrogen) atoms. The lowest BCUT2D eigenvalue weighted by Gasteiger charge is -2.22. The summed E-state index contributed by atoms with van der Waals surface area (Å²) < 4.78 is 11.2. The topological polar surface area (TPSA) is 74.3 Å². The average molecular weight is 408 g/mol. The van der Waals surface area contributed by atoms with Crippen molar-refractivity contribution >= 4 is 5.91 Å². The van der Waals surface area contributed by atoms with Crippen molar-refractivity contribution in [3.63, 3.8) is 0 Å². The highest BCUT2D eigenvalue weighted by molar-refractivity contribution is 5.77. The summed E-state index contributed by atoms with van der Waals surface area (Å²) in [5.41, 5.74) is 1.11. The monoisotopic (exact) mass is 407 g/mol. The summed E-state index contributed by atoms with van der Waals surface area (Å²) >= 11 is 0. The quantitative estimate of drug-likeness (QED) is 0.459. The van der Waals surface area contributed by atoms with E-state index in [-0.39, 0.29) is 12.5 Å². The smallest absolute Gasteiger partial charge is 0.222 e. The van der Waals surface area contributed by atoms with E-state index in [2.05, 4.69) is 24.1 Å². The van der Waals surface area contributed by atoms with Gasteiger partial charge in [0, 0.05) is 32.6 Å². The Hall–Kier alpha value is -1.83. The van der Waals surface area contributed by atoms with Gasteiger partial charge >= 0.3 is 0 Å². The molecule has 0 spiro atoms. The fraction of sp³-hybridized carbons (Fsp3) is 0.682. The number of amides is 1. The number of benzene rings is 1. The largest absolute Gasteiger partial charge is 0.493 e. The Morgan fingerprint density at radius 3 is 2.72 bits per heavy atom. The zero-order chi connectivity index (χ0) is 21.1. The normalized spacial score (nSPS) is 15.2. The van der Waals surface area contributed by atoms with Gasteiger partial charge in [0.2, 0.25) is 5.91 Å². The molecule has 1 atom stereocenters. The van der Waals surface area contributed by atoms with Gasteiger partial charge in [0.25, 0.3) is 0 Å². The summed E-state index contributed by atoms with van der Waals surface area (Å²) in [6, 6.07) is 5.86. The number of likely N-dealkylation sites (tertiary alicyclic amines) is 1. The third-order valence-electron chi connectivity index (χ3n) is 5.30. The number of hydrogen-bond donors (Lipinski definition) is 2. The third kappa shape index (κ3) is 7.84. The molecule has 0 saturated carbocycles. The zero-order valence-corrected chi connectivity index (χ0v) is 18.2. The van der Waals surface area contributed by atoms with E-state index < -0.39 is 6.10 Å². The van der Waals surface area contributed by atoms with Crippen molar-refractivity contribution in [2.24, 2.45) is 0 Å². The molecule has 2 N–H and O–H groups in total. The fourth-order valence-corrected chi connectivity index (χ4v) is 3.53. The lowest BCUT2D eigenvalue weighted by atomic mass is 10.2. The number of rotatable bonds is 14. The van der Waals surface area contributed by atoms with Crippen LogP contribution in [0.1, 0.15) is 38.7 Å². The van der Waals surface area contributed by atoms with Crippen molar-refractivity contribution < 1.29 is 19.4 Å². The van der Waals surface area contributed by atoms with E-state index in [1.807, 2.05) is 23.1 Å². The van der Waals surface area contributed by atoms with Crippen LogP contribution in [-0.4, -0.2) is 79.9 Å². The van der Waals surface area contributed by atoms with Crippen LogP contribution >= 0.6 is 0 Å². The van der Waals surface area contributed by atoms with Gasteiger partial charge in [-0.3, -0.25) is 4.79 Å². The van der Waals surface area contributed by atoms with Crippen LogP contribution in [0.2, 0.25) is 0 Å². The molecule has 1 fully saturated rings. The van der Waals surface area contributed by atoms with Gasteiger partial charge in [-0.05, 0) is 50.2 Å². The van der Waals surface area contributed by atoms with Crippen LogP contribution in [0, 0.1) is 0 Å².